The van der Waals surface area contributed by atoms with Crippen LogP contribution in [0.15, 0.2) is 18.2 Å². The minimum Gasteiger partial charge on any atom is -0.300 e. The number of halogens is 2. The smallest absolute Gasteiger partial charge is 0.134 e. The summed E-state index contributed by atoms with van der Waals surface area (Å²) in [6.07, 6.45) is 0.548. The van der Waals surface area contributed by atoms with Gasteiger partial charge in [-0.2, -0.15) is 0 Å². The molecule has 12 heavy (non-hydrogen) atoms. The third-order valence-corrected chi connectivity index (χ3v) is 2.62. The number of benzene rings is 1. The third-order valence-electron chi connectivity index (χ3n) is 1.38. The number of hydrogen-bond donors (Lipinski definition) is 0. The van der Waals surface area contributed by atoms with Gasteiger partial charge < -0.3 is 0 Å². The molecular weight excluding hydrogens is 378 g/mol. The summed E-state index contributed by atoms with van der Waals surface area (Å²) in [5.74, 6) is 0.216. The molecule has 0 spiro atoms. The average Bonchev–Trinajstić information content (AvgIpc) is 1.81. The average molecular weight is 386 g/mol. The Morgan fingerprint density at radius 3 is 2.17 bits per heavy atom. The lowest BCUT2D eigenvalue weighted by atomic mass is 10.1. The summed E-state index contributed by atoms with van der Waals surface area (Å²) in [6.45, 7) is 1.62. The van der Waals surface area contributed by atoms with Crippen LogP contribution >= 0.6 is 45.2 Å². The molecule has 1 aromatic carbocycles. The number of ketones is 1. The molecule has 0 aliphatic rings. The van der Waals surface area contributed by atoms with Gasteiger partial charge in [0.2, 0.25) is 0 Å². The quantitative estimate of drug-likeness (QED) is 0.715. The summed E-state index contributed by atoms with van der Waals surface area (Å²) in [5.41, 5.74) is 1.11. The van der Waals surface area contributed by atoms with Crippen LogP contribution in [0, 0.1) is 7.14 Å². The third kappa shape index (κ3) is 3.38. The standard InChI is InChI=1S/C9H8I2O/c1-6(12)2-7-3-8(10)5-9(11)4-7/h3-5H,2H2,1H3. The highest BCUT2D eigenvalue weighted by Crippen LogP contribution is 2.14. The molecule has 0 N–H and O–H groups in total. The number of carbonyl (C=O) groups is 1. The van der Waals surface area contributed by atoms with Gasteiger partial charge in [-0.1, -0.05) is 0 Å². The highest BCUT2D eigenvalue weighted by atomic mass is 127. The second-order valence-electron chi connectivity index (χ2n) is 2.66. The molecule has 3 heteroatoms. The Balaban J connectivity index is 2.93. The Labute approximate surface area is 99.2 Å². The van der Waals surface area contributed by atoms with E-state index in [2.05, 4.69) is 51.2 Å². The molecule has 0 aliphatic heterocycles. The van der Waals surface area contributed by atoms with Crippen LogP contribution in [-0.4, -0.2) is 5.78 Å². The molecule has 1 aromatic rings. The monoisotopic (exact) mass is 386 g/mol. The topological polar surface area (TPSA) is 17.1 Å². The largest absolute Gasteiger partial charge is 0.300 e. The van der Waals surface area contributed by atoms with Crippen LogP contribution in [0.5, 0.6) is 0 Å². The van der Waals surface area contributed by atoms with Gasteiger partial charge in [0.1, 0.15) is 5.78 Å². The second-order valence-corrected chi connectivity index (χ2v) is 5.15. The first-order chi connectivity index (χ1) is 5.58. The van der Waals surface area contributed by atoms with E-state index in [1.165, 1.54) is 7.14 Å². The van der Waals surface area contributed by atoms with Crippen LogP contribution in [0.3, 0.4) is 0 Å². The van der Waals surface area contributed by atoms with E-state index in [9.17, 15) is 4.79 Å². The Morgan fingerprint density at radius 2 is 1.75 bits per heavy atom. The predicted octanol–water partition coefficient (Wildman–Crippen LogP) is 3.03. The zero-order valence-corrected chi connectivity index (χ0v) is 10.9. The van der Waals surface area contributed by atoms with E-state index in [0.717, 1.165) is 5.56 Å². The van der Waals surface area contributed by atoms with Crippen molar-refractivity contribution in [2.24, 2.45) is 0 Å². The van der Waals surface area contributed by atoms with E-state index in [4.69, 9.17) is 0 Å². The molecule has 0 heterocycles. The van der Waals surface area contributed by atoms with Gasteiger partial charge >= 0.3 is 0 Å². The minimum absolute atomic E-state index is 0.216. The fraction of sp³-hybridized carbons (Fsp3) is 0.222. The summed E-state index contributed by atoms with van der Waals surface area (Å²) < 4.78 is 2.38. The molecule has 0 saturated carbocycles. The highest BCUT2D eigenvalue weighted by molar-refractivity contribution is 14.1. The molecule has 0 bridgehead atoms. The van der Waals surface area contributed by atoms with Gasteiger partial charge in [-0.25, -0.2) is 0 Å². The molecule has 0 aromatic heterocycles. The second kappa shape index (κ2) is 4.55. The zero-order valence-electron chi connectivity index (χ0n) is 6.60. The maximum Gasteiger partial charge on any atom is 0.134 e. The van der Waals surface area contributed by atoms with Crippen LogP contribution in [-0.2, 0) is 11.2 Å². The van der Waals surface area contributed by atoms with Crippen molar-refractivity contribution in [2.45, 2.75) is 13.3 Å². The SMILES string of the molecule is CC(=O)Cc1cc(I)cc(I)c1. The maximum atomic E-state index is 10.8. The summed E-state index contributed by atoms with van der Waals surface area (Å²) in [5, 5.41) is 0. The van der Waals surface area contributed by atoms with Gasteiger partial charge in [-0.05, 0) is 75.9 Å². The highest BCUT2D eigenvalue weighted by Gasteiger charge is 1.99. The Morgan fingerprint density at radius 1 is 1.25 bits per heavy atom. The zero-order chi connectivity index (χ0) is 9.14. The van der Waals surface area contributed by atoms with Crippen molar-refractivity contribution in [3.63, 3.8) is 0 Å². The molecule has 1 nitrogen and oxygen atoms in total. The van der Waals surface area contributed by atoms with E-state index < -0.39 is 0 Å². The number of carbonyl (C=O) groups excluding carboxylic acids is 1. The predicted molar refractivity (Wildman–Crippen MR) is 66.3 cm³/mol. The number of Topliss-reactive ketones (excluding diaryl/α,β-unsaturated/α-hetero) is 1. The molecular formula is C9H8I2O. The lowest BCUT2D eigenvalue weighted by Gasteiger charge is -1.99. The molecule has 64 valence electrons. The van der Waals surface area contributed by atoms with E-state index >= 15 is 0 Å². The van der Waals surface area contributed by atoms with Crippen molar-refractivity contribution >= 4 is 51.0 Å². The van der Waals surface area contributed by atoms with Crippen molar-refractivity contribution in [3.8, 4) is 0 Å². The van der Waals surface area contributed by atoms with E-state index in [1.807, 2.05) is 12.1 Å². The van der Waals surface area contributed by atoms with Gasteiger partial charge in [-0.15, -0.1) is 0 Å². The maximum absolute atomic E-state index is 10.8. The van der Waals surface area contributed by atoms with Gasteiger partial charge in [0.15, 0.2) is 0 Å². The fourth-order valence-corrected chi connectivity index (χ4v) is 3.07. The van der Waals surface area contributed by atoms with Gasteiger partial charge in [-0.3, -0.25) is 4.79 Å². The first-order valence-corrected chi connectivity index (χ1v) is 5.68. The van der Waals surface area contributed by atoms with Crippen LogP contribution in [0.2, 0.25) is 0 Å². The Hall–Kier alpha value is 0.350. The van der Waals surface area contributed by atoms with Crippen LogP contribution < -0.4 is 0 Å². The van der Waals surface area contributed by atoms with Crippen molar-refractivity contribution in [1.29, 1.82) is 0 Å². The van der Waals surface area contributed by atoms with Crippen molar-refractivity contribution < 1.29 is 4.79 Å². The van der Waals surface area contributed by atoms with E-state index in [-0.39, 0.29) is 5.78 Å². The minimum atomic E-state index is 0.216. The normalized spacial score (nSPS) is 9.92. The molecule has 0 amide bonds. The summed E-state index contributed by atoms with van der Waals surface area (Å²) in [7, 11) is 0. The molecule has 0 saturated heterocycles. The first-order valence-electron chi connectivity index (χ1n) is 3.52. The fourth-order valence-electron chi connectivity index (χ4n) is 1.00. The Kier molecular flexibility index (Phi) is 3.95. The van der Waals surface area contributed by atoms with Crippen LogP contribution in [0.1, 0.15) is 12.5 Å². The summed E-state index contributed by atoms with van der Waals surface area (Å²) in [4.78, 5) is 10.8. The molecule has 0 aliphatic carbocycles. The summed E-state index contributed by atoms with van der Waals surface area (Å²) >= 11 is 4.52. The lowest BCUT2D eigenvalue weighted by Crippen LogP contribution is -1.96. The summed E-state index contributed by atoms with van der Waals surface area (Å²) in [6, 6.07) is 6.18. The first kappa shape index (κ1) is 10.4. The van der Waals surface area contributed by atoms with Crippen molar-refractivity contribution in [1.82, 2.24) is 0 Å². The van der Waals surface area contributed by atoms with Gasteiger partial charge in [0.05, 0.1) is 0 Å². The van der Waals surface area contributed by atoms with Gasteiger partial charge in [0, 0.05) is 13.6 Å². The lowest BCUT2D eigenvalue weighted by molar-refractivity contribution is -0.116. The van der Waals surface area contributed by atoms with Crippen LogP contribution in [0.4, 0.5) is 0 Å². The van der Waals surface area contributed by atoms with Crippen LogP contribution in [0.25, 0.3) is 0 Å². The van der Waals surface area contributed by atoms with E-state index in [0.29, 0.717) is 6.42 Å². The molecule has 0 atom stereocenters. The molecule has 0 radical (unpaired) electrons. The number of hydrogen-bond acceptors (Lipinski definition) is 1. The molecule has 1 rings (SSSR count). The van der Waals surface area contributed by atoms with Gasteiger partial charge in [0.25, 0.3) is 0 Å². The molecule has 0 unspecified atom stereocenters. The Bertz CT molecular complexity index is 287. The van der Waals surface area contributed by atoms with E-state index in [1.54, 1.807) is 6.92 Å². The van der Waals surface area contributed by atoms with Crippen molar-refractivity contribution in [3.05, 3.63) is 30.9 Å². The van der Waals surface area contributed by atoms with Crippen molar-refractivity contribution in [2.75, 3.05) is 0 Å². The molecule has 0 fully saturated rings. The number of rotatable bonds is 2.